The van der Waals surface area contributed by atoms with Crippen molar-refractivity contribution in [1.82, 2.24) is 10.4 Å². The zero-order chi connectivity index (χ0) is 11.5. The predicted octanol–water partition coefficient (Wildman–Crippen LogP) is 0.455. The van der Waals surface area contributed by atoms with Gasteiger partial charge in [-0.1, -0.05) is 12.8 Å². The lowest BCUT2D eigenvalue weighted by atomic mass is 10.1. The van der Waals surface area contributed by atoms with Crippen LogP contribution in [0, 0.1) is 5.92 Å². The highest BCUT2D eigenvalue weighted by Gasteiger charge is 2.32. The molecular formula is C11H18N2O3. The zero-order valence-electron chi connectivity index (χ0n) is 9.57. The minimum atomic E-state index is -0.251. The molecule has 1 saturated carbocycles. The lowest BCUT2D eigenvalue weighted by molar-refractivity contribution is -0.142. The van der Waals surface area contributed by atoms with Crippen molar-refractivity contribution in [2.45, 2.75) is 38.2 Å². The van der Waals surface area contributed by atoms with Crippen molar-refractivity contribution in [3.8, 4) is 0 Å². The summed E-state index contributed by atoms with van der Waals surface area (Å²) in [4.78, 5) is 29.8. The first-order valence-electron chi connectivity index (χ1n) is 5.86. The van der Waals surface area contributed by atoms with E-state index in [-0.39, 0.29) is 23.8 Å². The Morgan fingerprint density at radius 2 is 2.12 bits per heavy atom. The number of hydrogen-bond acceptors (Lipinski definition) is 3. The Bertz CT molecular complexity index is 287. The Kier molecular flexibility index (Phi) is 3.43. The molecule has 1 saturated heterocycles. The van der Waals surface area contributed by atoms with Crippen molar-refractivity contribution in [3.63, 3.8) is 0 Å². The third kappa shape index (κ3) is 2.52. The van der Waals surface area contributed by atoms with Gasteiger partial charge in [0.1, 0.15) is 0 Å². The number of likely N-dealkylation sites (tertiary alicyclic amines) is 1. The molecule has 2 aliphatic rings. The van der Waals surface area contributed by atoms with Gasteiger partial charge in [-0.2, -0.15) is 0 Å². The molecule has 1 aliphatic carbocycles. The van der Waals surface area contributed by atoms with Gasteiger partial charge in [0.25, 0.3) is 0 Å². The van der Waals surface area contributed by atoms with Gasteiger partial charge in [0.15, 0.2) is 0 Å². The minimum Gasteiger partial charge on any atom is -0.345 e. The summed E-state index contributed by atoms with van der Waals surface area (Å²) >= 11 is 0. The van der Waals surface area contributed by atoms with Gasteiger partial charge < -0.3 is 4.90 Å². The van der Waals surface area contributed by atoms with Gasteiger partial charge in [-0.3, -0.25) is 14.4 Å². The number of nitrogens with one attached hydrogen (secondary N) is 1. The van der Waals surface area contributed by atoms with Gasteiger partial charge in [0.2, 0.25) is 11.8 Å². The Morgan fingerprint density at radius 3 is 2.69 bits per heavy atom. The van der Waals surface area contributed by atoms with Gasteiger partial charge in [0.05, 0.1) is 12.0 Å². The summed E-state index contributed by atoms with van der Waals surface area (Å²) in [5.74, 6) is -0.385. The molecule has 1 aliphatic heterocycles. The largest absolute Gasteiger partial charge is 0.345 e. The van der Waals surface area contributed by atoms with Crippen LogP contribution in [0.25, 0.3) is 0 Å². The highest BCUT2D eigenvalue weighted by atomic mass is 16.7. The molecule has 2 amide bonds. The zero-order valence-corrected chi connectivity index (χ0v) is 9.57. The first-order chi connectivity index (χ1) is 7.66. The molecule has 0 aromatic carbocycles. The van der Waals surface area contributed by atoms with E-state index in [4.69, 9.17) is 4.84 Å². The topological polar surface area (TPSA) is 58.6 Å². The number of carbonyl (C=O) groups excluding carboxylic acids is 2. The Labute approximate surface area is 95.1 Å². The number of amides is 2. The first kappa shape index (κ1) is 11.4. The van der Waals surface area contributed by atoms with Gasteiger partial charge in [-0.15, -0.1) is 0 Å². The minimum absolute atomic E-state index is 0.0287. The van der Waals surface area contributed by atoms with E-state index < -0.39 is 0 Å². The summed E-state index contributed by atoms with van der Waals surface area (Å²) in [5, 5.41) is 0. The van der Waals surface area contributed by atoms with Crippen LogP contribution in [-0.4, -0.2) is 36.4 Å². The number of hydrogen-bond donors (Lipinski definition) is 1. The lowest BCUT2D eigenvalue weighted by Crippen LogP contribution is -2.34. The average molecular weight is 226 g/mol. The Hall–Kier alpha value is -1.10. The van der Waals surface area contributed by atoms with E-state index in [1.54, 1.807) is 11.9 Å². The smallest absolute Gasteiger partial charge is 0.248 e. The van der Waals surface area contributed by atoms with E-state index in [1.165, 1.54) is 12.8 Å². The molecule has 0 radical (unpaired) electrons. The van der Waals surface area contributed by atoms with Gasteiger partial charge in [-0.05, 0) is 12.8 Å². The van der Waals surface area contributed by atoms with E-state index in [0.29, 0.717) is 13.0 Å². The van der Waals surface area contributed by atoms with Crippen LogP contribution < -0.4 is 5.48 Å². The van der Waals surface area contributed by atoms with E-state index in [0.717, 1.165) is 12.8 Å². The molecule has 2 rings (SSSR count). The lowest BCUT2D eigenvalue weighted by Gasteiger charge is -2.14. The fourth-order valence-corrected chi connectivity index (χ4v) is 2.27. The predicted molar refractivity (Wildman–Crippen MR) is 57.2 cm³/mol. The SMILES string of the molecule is CN1CC(C(=O)NOC2CCCC2)CC1=O. The summed E-state index contributed by atoms with van der Waals surface area (Å²) in [5.41, 5.74) is 2.49. The molecule has 16 heavy (non-hydrogen) atoms. The molecule has 2 fully saturated rings. The van der Waals surface area contributed by atoms with Crippen molar-refractivity contribution in [2.24, 2.45) is 5.92 Å². The fourth-order valence-electron chi connectivity index (χ4n) is 2.27. The second kappa shape index (κ2) is 4.82. The quantitative estimate of drug-likeness (QED) is 0.711. The van der Waals surface area contributed by atoms with Crippen LogP contribution in [0.5, 0.6) is 0 Å². The van der Waals surface area contributed by atoms with Crippen LogP contribution in [0.3, 0.4) is 0 Å². The maximum Gasteiger partial charge on any atom is 0.248 e. The molecule has 5 heteroatoms. The van der Waals surface area contributed by atoms with E-state index >= 15 is 0 Å². The number of nitrogens with zero attached hydrogens (tertiary/aromatic N) is 1. The molecular weight excluding hydrogens is 208 g/mol. The monoisotopic (exact) mass is 226 g/mol. The second-order valence-electron chi connectivity index (χ2n) is 4.67. The van der Waals surface area contributed by atoms with E-state index in [1.807, 2.05) is 0 Å². The van der Waals surface area contributed by atoms with Crippen molar-refractivity contribution in [3.05, 3.63) is 0 Å². The summed E-state index contributed by atoms with van der Waals surface area (Å²) in [6.45, 7) is 0.499. The highest BCUT2D eigenvalue weighted by molar-refractivity contribution is 5.88. The summed E-state index contributed by atoms with van der Waals surface area (Å²) in [6, 6.07) is 0. The molecule has 1 N–H and O–H groups in total. The Balaban J connectivity index is 1.73. The van der Waals surface area contributed by atoms with Crippen LogP contribution >= 0.6 is 0 Å². The maximum absolute atomic E-state index is 11.7. The van der Waals surface area contributed by atoms with Crippen molar-refractivity contribution in [1.29, 1.82) is 0 Å². The van der Waals surface area contributed by atoms with Gasteiger partial charge in [0, 0.05) is 20.0 Å². The van der Waals surface area contributed by atoms with Crippen LogP contribution in [0.1, 0.15) is 32.1 Å². The molecule has 5 nitrogen and oxygen atoms in total. The second-order valence-corrected chi connectivity index (χ2v) is 4.67. The Morgan fingerprint density at radius 1 is 1.44 bits per heavy atom. The number of hydroxylamine groups is 1. The molecule has 0 spiro atoms. The summed E-state index contributed by atoms with van der Waals surface area (Å²) in [7, 11) is 1.72. The maximum atomic E-state index is 11.7. The molecule has 0 bridgehead atoms. The van der Waals surface area contributed by atoms with Crippen LogP contribution in [0.15, 0.2) is 0 Å². The van der Waals surface area contributed by atoms with Crippen LogP contribution in [0.2, 0.25) is 0 Å². The molecule has 1 heterocycles. The van der Waals surface area contributed by atoms with Crippen molar-refractivity contribution in [2.75, 3.05) is 13.6 Å². The van der Waals surface area contributed by atoms with Gasteiger partial charge >= 0.3 is 0 Å². The van der Waals surface area contributed by atoms with Crippen molar-refractivity contribution < 1.29 is 14.4 Å². The fraction of sp³-hybridized carbons (Fsp3) is 0.818. The molecule has 90 valence electrons. The summed E-state index contributed by atoms with van der Waals surface area (Å²) < 4.78 is 0. The molecule has 0 aromatic heterocycles. The highest BCUT2D eigenvalue weighted by Crippen LogP contribution is 2.21. The van der Waals surface area contributed by atoms with Crippen molar-refractivity contribution >= 4 is 11.8 Å². The average Bonchev–Trinajstić information content (AvgIpc) is 2.86. The van der Waals surface area contributed by atoms with Gasteiger partial charge in [-0.25, -0.2) is 5.48 Å². The molecule has 1 atom stereocenters. The standard InChI is InChI=1S/C11H18N2O3/c1-13-7-8(6-10(13)14)11(15)12-16-9-4-2-3-5-9/h8-9H,2-7H2,1H3,(H,12,15). The molecule has 1 unspecified atom stereocenters. The van der Waals surface area contributed by atoms with E-state index in [9.17, 15) is 9.59 Å². The molecule has 0 aromatic rings. The number of carbonyl (C=O) groups is 2. The normalized spacial score (nSPS) is 26.4. The number of rotatable bonds is 3. The third-order valence-corrected chi connectivity index (χ3v) is 3.34. The summed E-state index contributed by atoms with van der Waals surface area (Å²) in [6.07, 6.45) is 4.85. The van der Waals surface area contributed by atoms with Crippen LogP contribution in [0.4, 0.5) is 0 Å². The van der Waals surface area contributed by atoms with Crippen LogP contribution in [-0.2, 0) is 14.4 Å². The van der Waals surface area contributed by atoms with E-state index in [2.05, 4.69) is 5.48 Å². The third-order valence-electron chi connectivity index (χ3n) is 3.34. The first-order valence-corrected chi connectivity index (χ1v) is 5.86.